The number of carbonyl (C=O) groups is 2. The van der Waals surface area contributed by atoms with Gasteiger partial charge >= 0.3 is 5.97 Å². The molecule has 0 aromatic heterocycles. The van der Waals surface area contributed by atoms with Crippen LogP contribution in [0.5, 0.6) is 0 Å². The van der Waals surface area contributed by atoms with Gasteiger partial charge in [-0.2, -0.15) is 0 Å². The van der Waals surface area contributed by atoms with E-state index in [1.807, 2.05) is 0 Å². The molecule has 436 valence electrons. The summed E-state index contributed by atoms with van der Waals surface area (Å²) in [5, 5.41) is 23.3. The summed E-state index contributed by atoms with van der Waals surface area (Å²) in [6, 6.07) is -0.541. The zero-order chi connectivity index (χ0) is 53.6. The Balaban J connectivity index is 3.37. The van der Waals surface area contributed by atoms with Crippen molar-refractivity contribution in [2.24, 2.45) is 0 Å². The van der Waals surface area contributed by atoms with E-state index >= 15 is 0 Å². The minimum Gasteiger partial charge on any atom is -0.466 e. The first-order chi connectivity index (χ1) is 36.5. The van der Waals surface area contributed by atoms with E-state index in [1.165, 1.54) is 276 Å². The van der Waals surface area contributed by atoms with E-state index in [0.717, 1.165) is 51.4 Å². The van der Waals surface area contributed by atoms with Crippen LogP contribution < -0.4 is 5.32 Å². The fraction of sp³-hybridized carbons (Fsp3) is 0.882. The van der Waals surface area contributed by atoms with Crippen molar-refractivity contribution in [1.29, 1.82) is 0 Å². The molecule has 0 aliphatic heterocycles. The van der Waals surface area contributed by atoms with Gasteiger partial charge in [-0.05, 0) is 77.0 Å². The minimum atomic E-state index is -0.663. The number of carbonyl (C=O) groups excluding carboxylic acids is 2. The lowest BCUT2D eigenvalue weighted by Crippen LogP contribution is -2.45. The molecule has 0 spiro atoms. The second kappa shape index (κ2) is 63.6. The number of unbranched alkanes of at least 4 members (excludes halogenated alkanes) is 45. The van der Waals surface area contributed by atoms with Gasteiger partial charge in [0.25, 0.3) is 0 Å². The Morgan fingerprint density at radius 2 is 0.703 bits per heavy atom. The standard InChI is InChI=1S/C68H129NO5/c1-3-5-7-9-11-13-15-17-33-37-40-44-48-52-56-60-66(71)65(64-70)69-67(72)61-57-53-49-45-41-38-34-31-29-27-25-23-21-19-18-20-22-24-26-28-30-32-35-39-43-47-51-55-59-63-74-68(73)62-58-54-50-46-42-36-16-14-12-10-8-6-4-2/h8,10,14,16,18,20,65-66,70-71H,3-7,9,11-13,15,17,19,21-64H2,1-2H3,(H,69,72)/b10-8-,16-14-,20-18-. The van der Waals surface area contributed by atoms with Gasteiger partial charge in [0.05, 0.1) is 25.4 Å². The van der Waals surface area contributed by atoms with Crippen LogP contribution in [0.4, 0.5) is 0 Å². The van der Waals surface area contributed by atoms with Crippen LogP contribution in [0, 0.1) is 0 Å². The lowest BCUT2D eigenvalue weighted by Gasteiger charge is -2.22. The van der Waals surface area contributed by atoms with Crippen LogP contribution in [-0.4, -0.2) is 47.4 Å². The second-order valence-electron chi connectivity index (χ2n) is 22.8. The fourth-order valence-corrected chi connectivity index (χ4v) is 10.3. The Morgan fingerprint density at radius 3 is 1.09 bits per heavy atom. The number of amides is 1. The van der Waals surface area contributed by atoms with E-state index < -0.39 is 12.1 Å². The molecule has 0 aliphatic rings. The summed E-state index contributed by atoms with van der Waals surface area (Å²) in [6.07, 6.45) is 80.4. The van der Waals surface area contributed by atoms with Gasteiger partial charge in [0.15, 0.2) is 0 Å². The Labute approximate surface area is 462 Å². The van der Waals surface area contributed by atoms with Crippen molar-refractivity contribution >= 4 is 11.9 Å². The molecular weight excluding hydrogens is 911 g/mol. The summed E-state index contributed by atoms with van der Waals surface area (Å²) in [5.41, 5.74) is 0. The zero-order valence-electron chi connectivity index (χ0n) is 49.8. The molecule has 2 atom stereocenters. The largest absolute Gasteiger partial charge is 0.466 e. The topological polar surface area (TPSA) is 95.9 Å². The van der Waals surface area contributed by atoms with E-state index in [-0.39, 0.29) is 18.5 Å². The number of hydrogen-bond acceptors (Lipinski definition) is 5. The van der Waals surface area contributed by atoms with Crippen molar-refractivity contribution in [1.82, 2.24) is 5.32 Å². The number of allylic oxidation sites excluding steroid dienone is 6. The van der Waals surface area contributed by atoms with Crippen molar-refractivity contribution in [2.75, 3.05) is 13.2 Å². The molecular formula is C68H129NO5. The summed E-state index contributed by atoms with van der Waals surface area (Å²) in [4.78, 5) is 24.5. The van der Waals surface area contributed by atoms with Gasteiger partial charge in [0.1, 0.15) is 0 Å². The molecule has 0 aliphatic carbocycles. The van der Waals surface area contributed by atoms with Gasteiger partial charge in [-0.25, -0.2) is 0 Å². The molecule has 2 unspecified atom stereocenters. The predicted molar refractivity (Wildman–Crippen MR) is 324 cm³/mol. The molecule has 0 aromatic carbocycles. The van der Waals surface area contributed by atoms with E-state index in [4.69, 9.17) is 4.74 Å². The number of esters is 1. The second-order valence-corrected chi connectivity index (χ2v) is 22.8. The third-order valence-corrected chi connectivity index (χ3v) is 15.4. The third kappa shape index (κ3) is 59.3. The number of rotatable bonds is 62. The van der Waals surface area contributed by atoms with Gasteiger partial charge in [-0.1, -0.05) is 307 Å². The van der Waals surface area contributed by atoms with E-state index in [0.29, 0.717) is 25.9 Å². The van der Waals surface area contributed by atoms with Crippen LogP contribution in [0.15, 0.2) is 36.5 Å². The number of aliphatic hydroxyl groups excluding tert-OH is 2. The van der Waals surface area contributed by atoms with Gasteiger partial charge < -0.3 is 20.3 Å². The highest BCUT2D eigenvalue weighted by Gasteiger charge is 2.20. The van der Waals surface area contributed by atoms with Crippen LogP contribution in [0.3, 0.4) is 0 Å². The first-order valence-electron chi connectivity index (χ1n) is 33.2. The highest BCUT2D eigenvalue weighted by molar-refractivity contribution is 5.76. The molecule has 0 rings (SSSR count). The normalized spacial score (nSPS) is 12.8. The Kier molecular flexibility index (Phi) is 62.0. The first-order valence-corrected chi connectivity index (χ1v) is 33.2. The molecule has 0 radical (unpaired) electrons. The molecule has 0 saturated heterocycles. The molecule has 6 nitrogen and oxygen atoms in total. The van der Waals surface area contributed by atoms with E-state index in [2.05, 4.69) is 55.6 Å². The van der Waals surface area contributed by atoms with Crippen LogP contribution in [0.2, 0.25) is 0 Å². The smallest absolute Gasteiger partial charge is 0.305 e. The average Bonchev–Trinajstić information content (AvgIpc) is 3.40. The average molecular weight is 1040 g/mol. The quantitative estimate of drug-likeness (QED) is 0.0320. The van der Waals surface area contributed by atoms with Gasteiger partial charge in [-0.3, -0.25) is 9.59 Å². The first kappa shape index (κ1) is 72.1. The van der Waals surface area contributed by atoms with Gasteiger partial charge in [0.2, 0.25) is 5.91 Å². The van der Waals surface area contributed by atoms with Gasteiger partial charge in [0, 0.05) is 12.8 Å². The van der Waals surface area contributed by atoms with Gasteiger partial charge in [-0.15, -0.1) is 0 Å². The zero-order valence-corrected chi connectivity index (χ0v) is 49.8. The lowest BCUT2D eigenvalue weighted by molar-refractivity contribution is -0.143. The number of ether oxygens (including phenoxy) is 1. The fourth-order valence-electron chi connectivity index (χ4n) is 10.3. The number of nitrogens with one attached hydrogen (secondary N) is 1. The molecule has 0 heterocycles. The molecule has 0 aromatic rings. The van der Waals surface area contributed by atoms with Crippen LogP contribution in [0.1, 0.15) is 361 Å². The Hall–Kier alpha value is -1.92. The van der Waals surface area contributed by atoms with Crippen molar-refractivity contribution in [2.45, 2.75) is 373 Å². The summed E-state index contributed by atoms with van der Waals surface area (Å²) in [5.74, 6) is -0.0309. The van der Waals surface area contributed by atoms with Crippen molar-refractivity contribution in [3.63, 3.8) is 0 Å². The SMILES string of the molecule is CCC/C=C\C/C=C\CCCCCCCC(=O)OCCCCCCCCCCCCCC/C=C\CCCCCCCCCCCCCCCC(=O)NC(CO)C(O)CCCCCCCCCCCCCCCCC. The molecule has 0 saturated carbocycles. The summed E-state index contributed by atoms with van der Waals surface area (Å²) in [7, 11) is 0. The maximum absolute atomic E-state index is 12.5. The summed E-state index contributed by atoms with van der Waals surface area (Å²) < 4.78 is 5.47. The number of hydrogen-bond donors (Lipinski definition) is 3. The Bertz CT molecular complexity index is 1200. The van der Waals surface area contributed by atoms with E-state index in [1.54, 1.807) is 0 Å². The highest BCUT2D eigenvalue weighted by atomic mass is 16.5. The molecule has 74 heavy (non-hydrogen) atoms. The van der Waals surface area contributed by atoms with Crippen LogP contribution >= 0.6 is 0 Å². The van der Waals surface area contributed by atoms with Crippen molar-refractivity contribution in [3.05, 3.63) is 36.5 Å². The number of aliphatic hydroxyl groups is 2. The molecule has 0 bridgehead atoms. The maximum atomic E-state index is 12.5. The maximum Gasteiger partial charge on any atom is 0.305 e. The monoisotopic (exact) mass is 1040 g/mol. The third-order valence-electron chi connectivity index (χ3n) is 15.4. The van der Waals surface area contributed by atoms with Crippen molar-refractivity contribution < 1.29 is 24.5 Å². The highest BCUT2D eigenvalue weighted by Crippen LogP contribution is 2.18. The van der Waals surface area contributed by atoms with Crippen LogP contribution in [0.25, 0.3) is 0 Å². The predicted octanol–water partition coefficient (Wildman–Crippen LogP) is 21.1. The summed E-state index contributed by atoms with van der Waals surface area (Å²) >= 11 is 0. The molecule has 0 fully saturated rings. The van der Waals surface area contributed by atoms with Crippen LogP contribution in [-0.2, 0) is 14.3 Å². The molecule has 1 amide bonds. The molecule has 6 heteroatoms. The minimum absolute atomic E-state index is 0.00121. The lowest BCUT2D eigenvalue weighted by atomic mass is 10.0. The van der Waals surface area contributed by atoms with Crippen molar-refractivity contribution in [3.8, 4) is 0 Å². The molecule has 3 N–H and O–H groups in total. The van der Waals surface area contributed by atoms with E-state index in [9.17, 15) is 19.8 Å². The summed E-state index contributed by atoms with van der Waals surface area (Å²) in [6.45, 7) is 4.90. The Morgan fingerprint density at radius 1 is 0.378 bits per heavy atom.